The molecular weight excluding hydrogens is 442 g/mol. The van der Waals surface area contributed by atoms with Crippen molar-refractivity contribution in [1.29, 1.82) is 0 Å². The number of aliphatic hydroxyl groups excluding tert-OH is 1. The molecule has 0 fully saturated rings. The highest BCUT2D eigenvalue weighted by Gasteiger charge is 2.32. The van der Waals surface area contributed by atoms with Gasteiger partial charge in [-0.15, -0.1) is 11.3 Å². The summed E-state index contributed by atoms with van der Waals surface area (Å²) in [6.07, 6.45) is -0.638. The monoisotopic (exact) mass is 471 g/mol. The second-order valence-electron chi connectivity index (χ2n) is 7.79. The van der Waals surface area contributed by atoms with E-state index >= 15 is 0 Å². The second kappa shape index (κ2) is 11.9. The van der Waals surface area contributed by atoms with E-state index in [4.69, 9.17) is 10.0 Å². The van der Waals surface area contributed by atoms with Crippen molar-refractivity contribution >= 4 is 33.2 Å². The Kier molecular flexibility index (Phi) is 8.93. The van der Waals surface area contributed by atoms with Crippen molar-refractivity contribution in [2.45, 2.75) is 31.9 Å². The predicted octanol–water partition coefficient (Wildman–Crippen LogP) is 2.11. The van der Waals surface area contributed by atoms with E-state index in [0.29, 0.717) is 6.42 Å². The molecule has 0 saturated heterocycles. The number of aryl methyl sites for hydroxylation is 1. The van der Waals surface area contributed by atoms with E-state index < -0.39 is 24.0 Å². The maximum absolute atomic E-state index is 13.3. The highest BCUT2D eigenvalue weighted by molar-refractivity contribution is 7.19. The molecule has 33 heavy (non-hydrogen) atoms. The minimum atomic E-state index is -1.21. The number of hydrogen-bond acceptors (Lipinski definition) is 7. The van der Waals surface area contributed by atoms with Crippen molar-refractivity contribution in [2.24, 2.45) is 5.92 Å². The van der Waals surface area contributed by atoms with Gasteiger partial charge in [0.2, 0.25) is 11.8 Å². The lowest BCUT2D eigenvalue weighted by molar-refractivity contribution is -0.158. The number of nitrogens with one attached hydrogen (secondary N) is 3. The predicted molar refractivity (Wildman–Crippen MR) is 127 cm³/mol. The van der Waals surface area contributed by atoms with Crippen LogP contribution in [0.3, 0.4) is 0 Å². The number of fused-ring (bicyclic) bond motifs is 1. The van der Waals surface area contributed by atoms with Crippen molar-refractivity contribution in [3.8, 4) is 0 Å². The summed E-state index contributed by atoms with van der Waals surface area (Å²) in [4.78, 5) is 31.5. The summed E-state index contributed by atoms with van der Waals surface area (Å²) in [5.74, 6) is -1.69. The Morgan fingerprint density at radius 2 is 1.73 bits per heavy atom. The molecule has 0 aliphatic carbocycles. The quantitative estimate of drug-likeness (QED) is 0.273. The SMILES string of the molecule is CNC(=O)[C@H](Cc1ccccc1)NC(=O)[C@H](Cc1sc2ccccc2c1C)C(O)CONO. The molecular formula is C24H29N3O5S. The van der Waals surface area contributed by atoms with E-state index in [2.05, 4.69) is 10.6 Å². The van der Waals surface area contributed by atoms with Crippen LogP contribution in [0.15, 0.2) is 54.6 Å². The molecule has 0 bridgehead atoms. The number of benzene rings is 2. The van der Waals surface area contributed by atoms with Gasteiger partial charge in [0.25, 0.3) is 0 Å². The van der Waals surface area contributed by atoms with Crippen LogP contribution in [0.25, 0.3) is 10.1 Å². The molecule has 2 aromatic carbocycles. The van der Waals surface area contributed by atoms with Gasteiger partial charge < -0.3 is 15.7 Å². The molecule has 9 heteroatoms. The Labute approximate surface area is 196 Å². The molecule has 3 aromatic rings. The topological polar surface area (TPSA) is 120 Å². The average Bonchev–Trinajstić information content (AvgIpc) is 3.15. The summed E-state index contributed by atoms with van der Waals surface area (Å²) in [6, 6.07) is 16.5. The highest BCUT2D eigenvalue weighted by atomic mass is 32.1. The second-order valence-corrected chi connectivity index (χ2v) is 8.93. The summed E-state index contributed by atoms with van der Waals surface area (Å²) >= 11 is 1.57. The Hall–Kier alpha value is -2.82. The normalized spacial score (nSPS) is 13.9. The summed E-state index contributed by atoms with van der Waals surface area (Å²) in [7, 11) is 1.51. The number of carbonyl (C=O) groups is 2. The average molecular weight is 472 g/mol. The van der Waals surface area contributed by atoms with Crippen molar-refractivity contribution < 1.29 is 24.7 Å². The van der Waals surface area contributed by atoms with Gasteiger partial charge in [-0.25, -0.2) is 0 Å². The molecule has 1 unspecified atom stereocenters. The van der Waals surface area contributed by atoms with Crippen molar-refractivity contribution in [2.75, 3.05) is 13.7 Å². The minimum Gasteiger partial charge on any atom is -0.390 e. The van der Waals surface area contributed by atoms with Crippen LogP contribution in [0.4, 0.5) is 0 Å². The maximum Gasteiger partial charge on any atom is 0.242 e. The van der Waals surface area contributed by atoms with E-state index in [1.807, 2.05) is 61.5 Å². The van der Waals surface area contributed by atoms with E-state index in [0.717, 1.165) is 26.1 Å². The number of rotatable bonds is 11. The summed E-state index contributed by atoms with van der Waals surface area (Å²) in [5, 5.41) is 25.9. The van der Waals surface area contributed by atoms with Crippen LogP contribution in [0.5, 0.6) is 0 Å². The fourth-order valence-corrected chi connectivity index (χ4v) is 5.04. The number of amides is 2. The van der Waals surface area contributed by atoms with Crippen LogP contribution in [-0.2, 0) is 27.3 Å². The molecule has 1 aromatic heterocycles. The lowest BCUT2D eigenvalue weighted by atomic mass is 9.94. The van der Waals surface area contributed by atoms with Gasteiger partial charge in [-0.2, -0.15) is 0 Å². The van der Waals surface area contributed by atoms with Crippen LogP contribution >= 0.6 is 11.3 Å². The third-order valence-electron chi connectivity index (χ3n) is 5.63. The van der Waals surface area contributed by atoms with Gasteiger partial charge >= 0.3 is 0 Å². The zero-order valence-electron chi connectivity index (χ0n) is 18.6. The molecule has 3 atom stereocenters. The fraction of sp³-hybridized carbons (Fsp3) is 0.333. The number of aliphatic hydroxyl groups is 1. The summed E-state index contributed by atoms with van der Waals surface area (Å²) in [5.41, 5.74) is 3.49. The number of carbonyl (C=O) groups excluding carboxylic acids is 2. The molecule has 3 rings (SSSR count). The smallest absolute Gasteiger partial charge is 0.242 e. The van der Waals surface area contributed by atoms with Crippen LogP contribution < -0.4 is 16.3 Å². The molecule has 8 nitrogen and oxygen atoms in total. The Morgan fingerprint density at radius 1 is 1.03 bits per heavy atom. The molecule has 0 saturated carbocycles. The molecule has 0 spiro atoms. The van der Waals surface area contributed by atoms with E-state index in [1.165, 1.54) is 12.7 Å². The zero-order valence-corrected chi connectivity index (χ0v) is 19.4. The van der Waals surface area contributed by atoms with E-state index in [1.54, 1.807) is 11.3 Å². The first-order chi connectivity index (χ1) is 15.9. The first kappa shape index (κ1) is 24.8. The van der Waals surface area contributed by atoms with Crippen LogP contribution in [0.2, 0.25) is 0 Å². The molecule has 1 heterocycles. The van der Waals surface area contributed by atoms with Gasteiger partial charge in [0.05, 0.1) is 18.6 Å². The molecule has 2 amide bonds. The van der Waals surface area contributed by atoms with Gasteiger partial charge in [-0.05, 0) is 35.9 Å². The lowest BCUT2D eigenvalue weighted by Gasteiger charge is -2.25. The summed E-state index contributed by atoms with van der Waals surface area (Å²) < 4.78 is 1.10. The molecule has 0 aliphatic heterocycles. The summed E-state index contributed by atoms with van der Waals surface area (Å²) in [6.45, 7) is 1.69. The number of thiophene rings is 1. The molecule has 176 valence electrons. The minimum absolute atomic E-state index is 0.263. The molecule has 0 aliphatic rings. The van der Waals surface area contributed by atoms with Gasteiger partial charge in [-0.1, -0.05) is 54.2 Å². The third kappa shape index (κ3) is 6.37. The van der Waals surface area contributed by atoms with Gasteiger partial charge in [0.15, 0.2) is 0 Å². The Balaban J connectivity index is 1.84. The highest BCUT2D eigenvalue weighted by Crippen LogP contribution is 2.33. The molecule has 0 radical (unpaired) electrons. The van der Waals surface area contributed by atoms with Crippen LogP contribution in [0.1, 0.15) is 16.0 Å². The molecule has 5 N–H and O–H groups in total. The Bertz CT molecular complexity index is 1070. The Morgan fingerprint density at radius 3 is 2.39 bits per heavy atom. The van der Waals surface area contributed by atoms with Crippen LogP contribution in [-0.4, -0.2) is 47.9 Å². The van der Waals surface area contributed by atoms with Crippen molar-refractivity contribution in [3.63, 3.8) is 0 Å². The standard InChI is InChI=1S/C24H29N3O5S/c1-15-17-10-6-7-11-21(17)33-22(15)13-18(20(28)14-32-27-31)23(29)26-19(24(30)25-2)12-16-8-4-3-5-9-16/h3-11,18-20,27-28,31H,12-14H2,1-2H3,(H,25,30)(H,26,29)/t18-,19+,20?/m1/s1. The van der Waals surface area contributed by atoms with Crippen molar-refractivity contribution in [1.82, 2.24) is 16.3 Å². The maximum atomic E-state index is 13.3. The lowest BCUT2D eigenvalue weighted by Crippen LogP contribution is -2.51. The first-order valence-electron chi connectivity index (χ1n) is 10.7. The van der Waals surface area contributed by atoms with Gasteiger partial charge in [0.1, 0.15) is 6.04 Å². The van der Waals surface area contributed by atoms with E-state index in [-0.39, 0.29) is 18.9 Å². The fourth-order valence-electron chi connectivity index (χ4n) is 3.77. The van der Waals surface area contributed by atoms with Crippen molar-refractivity contribution in [3.05, 3.63) is 70.6 Å². The van der Waals surface area contributed by atoms with E-state index in [9.17, 15) is 14.7 Å². The van der Waals surface area contributed by atoms with Crippen LogP contribution in [0, 0.1) is 12.8 Å². The van der Waals surface area contributed by atoms with Gasteiger partial charge in [0, 0.05) is 23.0 Å². The number of hydrogen-bond donors (Lipinski definition) is 5. The number of likely N-dealkylation sites (N-methyl/N-ethyl adjacent to an activating group) is 1. The third-order valence-corrected chi connectivity index (χ3v) is 6.92. The first-order valence-corrected chi connectivity index (χ1v) is 11.5. The van der Waals surface area contributed by atoms with Gasteiger partial charge in [-0.3, -0.25) is 19.6 Å². The largest absolute Gasteiger partial charge is 0.390 e. The zero-order chi connectivity index (χ0) is 23.8.